The second-order valence-electron chi connectivity index (χ2n) is 11.2. The van der Waals surface area contributed by atoms with Crippen LogP contribution in [-0.4, -0.2) is 36.7 Å². The number of H-pyrrole nitrogens is 1. The van der Waals surface area contributed by atoms with Crippen molar-refractivity contribution in [1.82, 2.24) is 15.0 Å². The van der Waals surface area contributed by atoms with E-state index in [1.807, 2.05) is 61.5 Å². The molecule has 0 atom stereocenters. The lowest BCUT2D eigenvalue weighted by atomic mass is 9.93. The normalized spacial score (nSPS) is 11.4. The molecule has 3 aromatic heterocycles. The molecule has 0 radical (unpaired) electrons. The maximum absolute atomic E-state index is 12.3. The maximum Gasteiger partial charge on any atom is 0.307 e. The average Bonchev–Trinajstić information content (AvgIpc) is 3.37. The van der Waals surface area contributed by atoms with Crippen molar-refractivity contribution >= 4 is 49.9 Å². The molecule has 0 aliphatic carbocycles. The van der Waals surface area contributed by atoms with Crippen LogP contribution in [0.15, 0.2) is 83.9 Å². The highest BCUT2D eigenvalue weighted by molar-refractivity contribution is 7.22. The third-order valence-electron chi connectivity index (χ3n) is 6.55. The molecule has 0 saturated heterocycles. The summed E-state index contributed by atoms with van der Waals surface area (Å²) in [4.78, 5) is 36.2. The molecule has 0 fully saturated rings. The zero-order chi connectivity index (χ0) is 30.9. The van der Waals surface area contributed by atoms with Gasteiger partial charge in [0.1, 0.15) is 5.01 Å². The number of aromatic amines is 1. The van der Waals surface area contributed by atoms with Crippen LogP contribution in [-0.2, 0) is 11.2 Å². The van der Waals surface area contributed by atoms with Crippen LogP contribution < -0.4 is 5.56 Å². The molecule has 3 N–H and O–H groups in total. The molecule has 0 spiro atoms. The number of fused-ring (bicyclic) bond motifs is 2. The number of carboxylic acid groups (broad SMARTS) is 1. The summed E-state index contributed by atoms with van der Waals surface area (Å²) in [7, 11) is 0. The number of aromatic nitrogens is 3. The van der Waals surface area contributed by atoms with E-state index in [2.05, 4.69) is 9.97 Å². The Morgan fingerprint density at radius 2 is 1.67 bits per heavy atom. The highest BCUT2D eigenvalue weighted by Crippen LogP contribution is 2.41. The molecule has 3 aromatic carbocycles. The van der Waals surface area contributed by atoms with E-state index in [0.29, 0.717) is 10.4 Å². The predicted molar refractivity (Wildman–Crippen MR) is 175 cm³/mol. The van der Waals surface area contributed by atoms with Gasteiger partial charge in [0.2, 0.25) is 0 Å². The van der Waals surface area contributed by atoms with Crippen molar-refractivity contribution in [2.75, 3.05) is 0 Å². The van der Waals surface area contributed by atoms with E-state index in [0.717, 1.165) is 59.7 Å². The van der Waals surface area contributed by atoms with Gasteiger partial charge >= 0.3 is 5.97 Å². The van der Waals surface area contributed by atoms with Gasteiger partial charge in [0.25, 0.3) is 5.56 Å². The quantitative estimate of drug-likeness (QED) is 0.182. The molecule has 0 amide bonds. The monoisotopic (exact) mass is 611 g/mol. The summed E-state index contributed by atoms with van der Waals surface area (Å²) in [6.45, 7) is 7.15. The van der Waals surface area contributed by atoms with Crippen LogP contribution in [0.1, 0.15) is 31.9 Å². The van der Waals surface area contributed by atoms with Gasteiger partial charge in [0.05, 0.1) is 27.9 Å². The zero-order valence-corrected chi connectivity index (χ0v) is 25.7. The first-order valence-corrected chi connectivity index (χ1v) is 14.8. The fourth-order valence-electron chi connectivity index (χ4n) is 4.72. The summed E-state index contributed by atoms with van der Waals surface area (Å²) in [5.41, 5.74) is 6.00. The Labute approximate surface area is 257 Å². The summed E-state index contributed by atoms with van der Waals surface area (Å²) in [5.74, 6) is -0.889. The van der Waals surface area contributed by atoms with Gasteiger partial charge < -0.3 is 15.2 Å². The molecule has 9 heteroatoms. The summed E-state index contributed by atoms with van der Waals surface area (Å²) in [6.07, 6.45) is 3.28. The molecular weight excluding hydrogens is 582 g/mol. The van der Waals surface area contributed by atoms with Crippen molar-refractivity contribution in [2.45, 2.75) is 39.7 Å². The Morgan fingerprint density at radius 1 is 0.977 bits per heavy atom. The van der Waals surface area contributed by atoms with E-state index in [9.17, 15) is 14.7 Å². The third kappa shape index (κ3) is 7.00. The van der Waals surface area contributed by atoms with Gasteiger partial charge in [-0.05, 0) is 92.2 Å². The lowest BCUT2D eigenvalue weighted by molar-refractivity contribution is -0.136. The number of pyridine rings is 2. The standard InChI is InChI=1S/C30H20ClN3O3S.C4H10O/c1-16-12-25-28(27(22(16)15-26(35)36)18-4-6-21(31)7-5-18)38-30(34-25)20-9-10-32-24(14-20)19-3-2-17-8-11-33-29(37)23(17)13-19;1-4(2,3)5/h2-14H,15H2,1H3,(H,33,37)(H,35,36);5H,1-3H3. The number of rotatable bonds is 5. The molecular formula is C34H30ClN3O4S. The molecule has 0 unspecified atom stereocenters. The third-order valence-corrected chi connectivity index (χ3v) is 7.94. The van der Waals surface area contributed by atoms with E-state index in [4.69, 9.17) is 21.7 Å². The predicted octanol–water partition coefficient (Wildman–Crippen LogP) is 7.90. The topological polar surface area (TPSA) is 116 Å². The minimum atomic E-state index is -0.889. The molecule has 43 heavy (non-hydrogen) atoms. The van der Waals surface area contributed by atoms with Gasteiger partial charge in [0.15, 0.2) is 0 Å². The SMILES string of the molecule is CC(C)(C)O.Cc1cc2nc(-c3ccnc(-c4ccc5cc[nH]c(=O)c5c4)c3)sc2c(-c2ccc(Cl)cc2)c1CC(=O)O. The highest BCUT2D eigenvalue weighted by Gasteiger charge is 2.20. The van der Waals surface area contributed by atoms with Crippen LogP contribution in [0.5, 0.6) is 0 Å². The second-order valence-corrected chi connectivity index (χ2v) is 12.6. The Bertz CT molecular complexity index is 2020. The summed E-state index contributed by atoms with van der Waals surface area (Å²) >= 11 is 7.65. The van der Waals surface area contributed by atoms with Crippen molar-refractivity contribution in [2.24, 2.45) is 0 Å². The van der Waals surface area contributed by atoms with E-state index in [1.54, 1.807) is 45.3 Å². The first-order chi connectivity index (χ1) is 20.4. The van der Waals surface area contributed by atoms with Gasteiger partial charge in [0, 0.05) is 39.5 Å². The largest absolute Gasteiger partial charge is 0.481 e. The number of halogens is 1. The van der Waals surface area contributed by atoms with Crippen LogP contribution in [0, 0.1) is 6.92 Å². The van der Waals surface area contributed by atoms with Crippen molar-refractivity contribution in [3.63, 3.8) is 0 Å². The first-order valence-electron chi connectivity index (χ1n) is 13.6. The number of carboxylic acids is 1. The van der Waals surface area contributed by atoms with Crippen molar-refractivity contribution in [1.29, 1.82) is 0 Å². The molecule has 7 nitrogen and oxygen atoms in total. The molecule has 218 valence electrons. The number of aliphatic hydroxyl groups is 1. The number of hydrogen-bond donors (Lipinski definition) is 3. The average molecular weight is 612 g/mol. The summed E-state index contributed by atoms with van der Waals surface area (Å²) < 4.78 is 0.916. The Balaban J connectivity index is 0.000000682. The summed E-state index contributed by atoms with van der Waals surface area (Å²) in [5, 5.41) is 21.0. The number of nitrogens with one attached hydrogen (secondary N) is 1. The second kappa shape index (κ2) is 12.1. The number of thiazole rings is 1. The van der Waals surface area contributed by atoms with Crippen LogP contribution in [0.4, 0.5) is 0 Å². The van der Waals surface area contributed by atoms with E-state index in [1.165, 1.54) is 11.3 Å². The number of aliphatic carboxylic acids is 1. The first kappa shape index (κ1) is 30.1. The smallest absolute Gasteiger partial charge is 0.307 e. The molecule has 0 bridgehead atoms. The Hall–Kier alpha value is -4.37. The van der Waals surface area contributed by atoms with Crippen LogP contribution in [0.2, 0.25) is 5.02 Å². The number of benzene rings is 3. The van der Waals surface area contributed by atoms with Gasteiger partial charge in [-0.1, -0.05) is 35.9 Å². The lowest BCUT2D eigenvalue weighted by Crippen LogP contribution is -2.10. The van der Waals surface area contributed by atoms with Gasteiger partial charge in [-0.25, -0.2) is 4.98 Å². The Morgan fingerprint density at radius 3 is 2.37 bits per heavy atom. The van der Waals surface area contributed by atoms with Crippen molar-refractivity contribution in [3.05, 3.63) is 106 Å². The number of hydrogen-bond acceptors (Lipinski definition) is 6. The van der Waals surface area contributed by atoms with Crippen LogP contribution in [0.25, 0.3) is 53.9 Å². The maximum atomic E-state index is 12.3. The Kier molecular flexibility index (Phi) is 8.46. The molecule has 6 aromatic rings. The van der Waals surface area contributed by atoms with E-state index in [-0.39, 0.29) is 12.0 Å². The van der Waals surface area contributed by atoms with Crippen molar-refractivity contribution < 1.29 is 15.0 Å². The molecule has 3 heterocycles. The van der Waals surface area contributed by atoms with Crippen molar-refractivity contribution in [3.8, 4) is 33.0 Å². The van der Waals surface area contributed by atoms with Crippen LogP contribution >= 0.6 is 22.9 Å². The minimum Gasteiger partial charge on any atom is -0.481 e. The summed E-state index contributed by atoms with van der Waals surface area (Å²) in [6, 6.07) is 20.8. The number of aryl methyl sites for hydroxylation is 1. The lowest BCUT2D eigenvalue weighted by Gasteiger charge is -2.13. The van der Waals surface area contributed by atoms with E-state index < -0.39 is 11.6 Å². The van der Waals surface area contributed by atoms with Crippen LogP contribution in [0.3, 0.4) is 0 Å². The fraction of sp³-hybridized carbons (Fsp3) is 0.176. The van der Waals surface area contributed by atoms with E-state index >= 15 is 0 Å². The fourth-order valence-corrected chi connectivity index (χ4v) is 5.98. The number of nitrogens with zero attached hydrogens (tertiary/aromatic N) is 2. The molecule has 0 aliphatic rings. The van der Waals surface area contributed by atoms with Gasteiger partial charge in [-0.2, -0.15) is 0 Å². The highest BCUT2D eigenvalue weighted by atomic mass is 35.5. The zero-order valence-electron chi connectivity index (χ0n) is 24.1. The molecule has 6 rings (SSSR count). The molecule has 0 aliphatic heterocycles. The minimum absolute atomic E-state index is 0.0898. The number of carbonyl (C=O) groups is 1. The van der Waals surface area contributed by atoms with Gasteiger partial charge in [-0.3, -0.25) is 14.6 Å². The molecule has 0 saturated carbocycles. The van der Waals surface area contributed by atoms with Gasteiger partial charge in [-0.15, -0.1) is 11.3 Å².